The van der Waals surface area contributed by atoms with E-state index >= 15 is 0 Å². The predicted molar refractivity (Wildman–Crippen MR) is 78.9 cm³/mol. The number of halogens is 1. The summed E-state index contributed by atoms with van der Waals surface area (Å²) in [6.07, 6.45) is 6.51. The van der Waals surface area contributed by atoms with Gasteiger partial charge in [-0.1, -0.05) is 62.4 Å². The molecule has 0 aliphatic heterocycles. The van der Waals surface area contributed by atoms with Crippen molar-refractivity contribution >= 4 is 11.6 Å². The number of nitrogens with two attached hydrogens (primary N) is 1. The standard InChI is InChI=1S/C16H24ClN/c1-3-12-8-4-5-9-13(12)16(18)14-10-6-7-11(2)15(14)17/h6-7,10,12-13,16H,3-5,8-9,18H2,1-2H3. The van der Waals surface area contributed by atoms with E-state index in [4.69, 9.17) is 17.3 Å². The van der Waals surface area contributed by atoms with Crippen LogP contribution >= 0.6 is 11.6 Å². The molecule has 2 rings (SSSR count). The topological polar surface area (TPSA) is 26.0 Å². The second-order valence-electron chi connectivity index (χ2n) is 5.62. The van der Waals surface area contributed by atoms with Crippen molar-refractivity contribution < 1.29 is 0 Å². The van der Waals surface area contributed by atoms with Crippen molar-refractivity contribution in [1.82, 2.24) is 0 Å². The number of aryl methyl sites for hydroxylation is 1. The van der Waals surface area contributed by atoms with E-state index in [1.165, 1.54) is 32.1 Å². The first-order valence-electron chi connectivity index (χ1n) is 7.15. The van der Waals surface area contributed by atoms with Gasteiger partial charge in [0.2, 0.25) is 0 Å². The van der Waals surface area contributed by atoms with E-state index in [0.29, 0.717) is 5.92 Å². The molecule has 0 spiro atoms. The summed E-state index contributed by atoms with van der Waals surface area (Å²) in [5.41, 5.74) is 8.79. The van der Waals surface area contributed by atoms with Crippen LogP contribution in [0.2, 0.25) is 5.02 Å². The molecule has 0 radical (unpaired) electrons. The second-order valence-corrected chi connectivity index (χ2v) is 6.00. The van der Waals surface area contributed by atoms with Crippen LogP contribution in [0.1, 0.15) is 56.2 Å². The molecule has 0 aromatic heterocycles. The summed E-state index contributed by atoms with van der Waals surface area (Å²) in [4.78, 5) is 0. The zero-order chi connectivity index (χ0) is 13.1. The molecule has 1 aromatic carbocycles. The van der Waals surface area contributed by atoms with Gasteiger partial charge in [-0.15, -0.1) is 0 Å². The van der Waals surface area contributed by atoms with Gasteiger partial charge in [-0.3, -0.25) is 0 Å². The van der Waals surface area contributed by atoms with Gasteiger partial charge in [0.15, 0.2) is 0 Å². The SMILES string of the molecule is CCC1CCCCC1C(N)c1cccc(C)c1Cl. The lowest BCUT2D eigenvalue weighted by Gasteiger charge is -2.35. The Bertz CT molecular complexity index is 402. The maximum absolute atomic E-state index is 6.52. The van der Waals surface area contributed by atoms with Gasteiger partial charge in [0.25, 0.3) is 0 Å². The highest BCUT2D eigenvalue weighted by molar-refractivity contribution is 6.32. The van der Waals surface area contributed by atoms with Crippen molar-refractivity contribution in [1.29, 1.82) is 0 Å². The molecule has 1 saturated carbocycles. The van der Waals surface area contributed by atoms with Crippen LogP contribution in [-0.4, -0.2) is 0 Å². The number of benzene rings is 1. The third-order valence-electron chi connectivity index (χ3n) is 4.53. The highest BCUT2D eigenvalue weighted by Gasteiger charge is 2.30. The highest BCUT2D eigenvalue weighted by atomic mass is 35.5. The third kappa shape index (κ3) is 2.73. The monoisotopic (exact) mass is 265 g/mol. The molecule has 2 heteroatoms. The summed E-state index contributed by atoms with van der Waals surface area (Å²) in [5, 5.41) is 0.866. The molecule has 1 aliphatic rings. The van der Waals surface area contributed by atoms with Crippen molar-refractivity contribution in [2.75, 3.05) is 0 Å². The van der Waals surface area contributed by atoms with Gasteiger partial charge in [0.1, 0.15) is 0 Å². The second kappa shape index (κ2) is 6.08. The van der Waals surface area contributed by atoms with E-state index < -0.39 is 0 Å². The molecule has 3 atom stereocenters. The van der Waals surface area contributed by atoms with E-state index in [1.807, 2.05) is 0 Å². The predicted octanol–water partition coefficient (Wildman–Crippen LogP) is 4.86. The van der Waals surface area contributed by atoms with E-state index in [9.17, 15) is 0 Å². The molecule has 1 aromatic rings. The molecular weight excluding hydrogens is 242 g/mol. The number of rotatable bonds is 3. The lowest BCUT2D eigenvalue weighted by atomic mass is 9.72. The molecule has 2 N–H and O–H groups in total. The fraction of sp³-hybridized carbons (Fsp3) is 0.625. The smallest absolute Gasteiger partial charge is 0.0483 e. The van der Waals surface area contributed by atoms with Gasteiger partial charge in [-0.2, -0.15) is 0 Å². The van der Waals surface area contributed by atoms with Crippen LogP contribution in [0.5, 0.6) is 0 Å². The third-order valence-corrected chi connectivity index (χ3v) is 5.05. The molecule has 1 aliphatic carbocycles. The Balaban J connectivity index is 2.23. The van der Waals surface area contributed by atoms with Crippen LogP contribution in [0, 0.1) is 18.8 Å². The molecule has 18 heavy (non-hydrogen) atoms. The summed E-state index contributed by atoms with van der Waals surface area (Å²) < 4.78 is 0. The van der Waals surface area contributed by atoms with Gasteiger partial charge in [-0.25, -0.2) is 0 Å². The summed E-state index contributed by atoms with van der Waals surface area (Å²) in [5.74, 6) is 1.37. The Morgan fingerprint density at radius 2 is 2.06 bits per heavy atom. The summed E-state index contributed by atoms with van der Waals surface area (Å²) in [7, 11) is 0. The van der Waals surface area contributed by atoms with E-state index in [0.717, 1.165) is 22.1 Å². The first-order chi connectivity index (χ1) is 8.65. The number of hydrogen-bond acceptors (Lipinski definition) is 1. The Morgan fingerprint density at radius 3 is 2.78 bits per heavy atom. The van der Waals surface area contributed by atoms with Crippen molar-refractivity contribution in [2.45, 2.75) is 52.0 Å². The van der Waals surface area contributed by atoms with Crippen LogP contribution in [0.3, 0.4) is 0 Å². The molecular formula is C16H24ClN. The average Bonchev–Trinajstić information content (AvgIpc) is 2.41. The lowest BCUT2D eigenvalue weighted by molar-refractivity contribution is 0.196. The van der Waals surface area contributed by atoms with Gasteiger partial charge in [0.05, 0.1) is 0 Å². The first-order valence-corrected chi connectivity index (χ1v) is 7.53. The minimum Gasteiger partial charge on any atom is -0.324 e. The molecule has 0 amide bonds. The van der Waals surface area contributed by atoms with E-state index in [2.05, 4.69) is 32.0 Å². The maximum Gasteiger partial charge on any atom is 0.0483 e. The largest absolute Gasteiger partial charge is 0.324 e. The molecule has 100 valence electrons. The van der Waals surface area contributed by atoms with Crippen LogP contribution in [-0.2, 0) is 0 Å². The maximum atomic E-state index is 6.52. The molecule has 1 nitrogen and oxygen atoms in total. The molecule has 1 fully saturated rings. The van der Waals surface area contributed by atoms with Crippen LogP contribution in [0.4, 0.5) is 0 Å². The minimum atomic E-state index is 0.0997. The molecule has 0 bridgehead atoms. The Labute approximate surface area is 116 Å². The van der Waals surface area contributed by atoms with Crippen molar-refractivity contribution in [2.24, 2.45) is 17.6 Å². The Hall–Kier alpha value is -0.530. The normalized spacial score (nSPS) is 26.0. The lowest BCUT2D eigenvalue weighted by Crippen LogP contribution is -2.30. The van der Waals surface area contributed by atoms with Gasteiger partial charge in [-0.05, 0) is 36.3 Å². The van der Waals surface area contributed by atoms with Crippen LogP contribution in [0.25, 0.3) is 0 Å². The van der Waals surface area contributed by atoms with Crippen LogP contribution in [0.15, 0.2) is 18.2 Å². The number of hydrogen-bond donors (Lipinski definition) is 1. The Kier molecular flexibility index (Phi) is 4.69. The van der Waals surface area contributed by atoms with Crippen LogP contribution < -0.4 is 5.73 Å². The summed E-state index contributed by atoms with van der Waals surface area (Å²) in [6, 6.07) is 6.32. The van der Waals surface area contributed by atoms with Crippen molar-refractivity contribution in [3.05, 3.63) is 34.3 Å². The summed E-state index contributed by atoms with van der Waals surface area (Å²) in [6.45, 7) is 4.34. The quantitative estimate of drug-likeness (QED) is 0.829. The van der Waals surface area contributed by atoms with Gasteiger partial charge in [0, 0.05) is 11.1 Å². The van der Waals surface area contributed by atoms with Gasteiger partial charge >= 0.3 is 0 Å². The zero-order valence-corrected chi connectivity index (χ0v) is 12.2. The van der Waals surface area contributed by atoms with Crippen molar-refractivity contribution in [3.8, 4) is 0 Å². The van der Waals surface area contributed by atoms with E-state index in [1.54, 1.807) is 0 Å². The first kappa shape index (κ1) is 13.9. The fourth-order valence-corrected chi connectivity index (χ4v) is 3.63. The molecule has 0 heterocycles. The summed E-state index contributed by atoms with van der Waals surface area (Å²) >= 11 is 6.42. The van der Waals surface area contributed by atoms with Gasteiger partial charge < -0.3 is 5.73 Å². The molecule has 0 saturated heterocycles. The van der Waals surface area contributed by atoms with E-state index in [-0.39, 0.29) is 6.04 Å². The minimum absolute atomic E-state index is 0.0997. The Morgan fingerprint density at radius 1 is 1.33 bits per heavy atom. The average molecular weight is 266 g/mol. The molecule has 3 unspecified atom stereocenters. The fourth-order valence-electron chi connectivity index (χ4n) is 3.37. The highest BCUT2D eigenvalue weighted by Crippen LogP contribution is 2.41. The zero-order valence-electron chi connectivity index (χ0n) is 11.5. The van der Waals surface area contributed by atoms with Crippen molar-refractivity contribution in [3.63, 3.8) is 0 Å².